The maximum absolute atomic E-state index is 3.60. The van der Waals surface area contributed by atoms with Gasteiger partial charge in [0.25, 0.3) is 0 Å². The summed E-state index contributed by atoms with van der Waals surface area (Å²) in [7, 11) is 0. The van der Waals surface area contributed by atoms with Crippen LogP contribution < -0.4 is 0 Å². The molecule has 0 bridgehead atoms. The molecule has 0 aromatic rings. The Labute approximate surface area is 116 Å². The van der Waals surface area contributed by atoms with E-state index in [1.165, 1.54) is 83.5 Å². The van der Waals surface area contributed by atoms with Crippen molar-refractivity contribution in [2.45, 2.75) is 90.4 Å². The summed E-state index contributed by atoms with van der Waals surface area (Å²) in [5.41, 5.74) is 0. The largest absolute Gasteiger partial charge is 0.103 e. The molecule has 0 N–H and O–H groups in total. The normalized spacial score (nSPS) is 17.8. The fourth-order valence-corrected chi connectivity index (χ4v) is 2.17. The number of allylic oxidation sites excluding steroid dienone is 3. The van der Waals surface area contributed by atoms with Gasteiger partial charge in [-0.3, -0.25) is 0 Å². The molecule has 0 saturated heterocycles. The first-order valence-electron chi connectivity index (χ1n) is 8.17. The molecule has 1 fully saturated rings. The lowest BCUT2D eigenvalue weighted by Gasteiger charge is -2.05. The number of unbranched alkanes of at least 4 members (excludes halogenated alkanes) is 2. The second kappa shape index (κ2) is 16.5. The zero-order valence-corrected chi connectivity index (χ0v) is 12.6. The van der Waals surface area contributed by atoms with Crippen LogP contribution in [-0.2, 0) is 0 Å². The van der Waals surface area contributed by atoms with Crippen LogP contribution in [0.15, 0.2) is 24.8 Å². The van der Waals surface area contributed by atoms with E-state index in [2.05, 4.69) is 25.7 Å². The van der Waals surface area contributed by atoms with E-state index >= 15 is 0 Å². The summed E-state index contributed by atoms with van der Waals surface area (Å²) < 4.78 is 0. The average molecular weight is 250 g/mol. The smallest absolute Gasteiger partial charge is 0.0351 e. The quantitative estimate of drug-likeness (QED) is 0.381. The summed E-state index contributed by atoms with van der Waals surface area (Å²) in [6, 6.07) is 0. The highest BCUT2D eigenvalue weighted by Gasteiger charge is 1.95. The standard InChI is InChI=1S/C6H12.C6H10.C6H12/c2*1-2-4-6-5-3-1;1-3-5-6-4-2/h1-6H2;1-2H,3-6H2;3H,1,4-6H2,2H3. The van der Waals surface area contributed by atoms with Crippen LogP contribution in [0.25, 0.3) is 0 Å². The SMILES string of the molecule is C1=CCCCC1.C1CCCCC1.C=CCCCC. The van der Waals surface area contributed by atoms with Gasteiger partial charge in [-0.2, -0.15) is 0 Å². The van der Waals surface area contributed by atoms with Crippen molar-refractivity contribution in [3.8, 4) is 0 Å². The molecule has 106 valence electrons. The van der Waals surface area contributed by atoms with Crippen molar-refractivity contribution >= 4 is 0 Å². The molecule has 0 aromatic heterocycles. The van der Waals surface area contributed by atoms with Gasteiger partial charge in [0.15, 0.2) is 0 Å². The first-order chi connectivity index (χ1) is 8.91. The molecule has 0 heterocycles. The Hall–Kier alpha value is -0.520. The monoisotopic (exact) mass is 250 g/mol. The highest BCUT2D eigenvalue weighted by Crippen LogP contribution is 2.15. The van der Waals surface area contributed by atoms with Crippen molar-refractivity contribution < 1.29 is 0 Å². The first kappa shape index (κ1) is 17.5. The van der Waals surface area contributed by atoms with Crippen LogP contribution in [0.2, 0.25) is 0 Å². The van der Waals surface area contributed by atoms with Gasteiger partial charge >= 0.3 is 0 Å². The zero-order valence-electron chi connectivity index (χ0n) is 12.6. The minimum absolute atomic E-state index is 1.18. The molecule has 2 aliphatic rings. The molecule has 0 radical (unpaired) electrons. The van der Waals surface area contributed by atoms with Crippen LogP contribution in [0.3, 0.4) is 0 Å². The van der Waals surface area contributed by atoms with E-state index in [1.807, 2.05) is 6.08 Å². The molecule has 0 spiro atoms. The molecule has 0 aromatic carbocycles. The van der Waals surface area contributed by atoms with E-state index in [-0.39, 0.29) is 0 Å². The summed E-state index contributed by atoms with van der Waals surface area (Å²) in [6.07, 6.45) is 24.7. The average Bonchev–Trinajstić information content (AvgIpc) is 2.50. The lowest BCUT2D eigenvalue weighted by molar-refractivity contribution is 0.504. The third-order valence-electron chi connectivity index (χ3n) is 3.42. The van der Waals surface area contributed by atoms with E-state index in [0.717, 1.165) is 0 Å². The van der Waals surface area contributed by atoms with Gasteiger partial charge in [-0.1, -0.05) is 76.5 Å². The highest BCUT2D eigenvalue weighted by molar-refractivity contribution is 4.85. The molecule has 18 heavy (non-hydrogen) atoms. The third kappa shape index (κ3) is 15.5. The number of hydrogen-bond acceptors (Lipinski definition) is 0. The summed E-state index contributed by atoms with van der Waals surface area (Å²) >= 11 is 0. The molecule has 0 unspecified atom stereocenters. The Kier molecular flexibility index (Phi) is 16.0. The van der Waals surface area contributed by atoms with Gasteiger partial charge in [0.2, 0.25) is 0 Å². The van der Waals surface area contributed by atoms with Gasteiger partial charge in [-0.15, -0.1) is 6.58 Å². The molecule has 0 atom stereocenters. The van der Waals surface area contributed by atoms with Gasteiger partial charge in [0, 0.05) is 0 Å². The Morgan fingerprint density at radius 2 is 1.28 bits per heavy atom. The van der Waals surface area contributed by atoms with E-state index in [9.17, 15) is 0 Å². The molecule has 2 aliphatic carbocycles. The summed E-state index contributed by atoms with van der Waals surface area (Å²) in [5.74, 6) is 0. The zero-order chi connectivity index (χ0) is 13.3. The second-order valence-corrected chi connectivity index (χ2v) is 5.31. The van der Waals surface area contributed by atoms with Gasteiger partial charge in [-0.25, -0.2) is 0 Å². The Morgan fingerprint density at radius 3 is 1.44 bits per heavy atom. The van der Waals surface area contributed by atoms with Crippen molar-refractivity contribution in [1.82, 2.24) is 0 Å². The Balaban J connectivity index is 0.000000241. The fourth-order valence-electron chi connectivity index (χ4n) is 2.17. The van der Waals surface area contributed by atoms with E-state index < -0.39 is 0 Å². The molecule has 0 aliphatic heterocycles. The third-order valence-corrected chi connectivity index (χ3v) is 3.42. The van der Waals surface area contributed by atoms with Gasteiger partial charge in [0.1, 0.15) is 0 Å². The van der Waals surface area contributed by atoms with E-state index in [4.69, 9.17) is 0 Å². The molecular weight excluding hydrogens is 216 g/mol. The second-order valence-electron chi connectivity index (χ2n) is 5.31. The summed E-state index contributed by atoms with van der Waals surface area (Å²) in [4.78, 5) is 0. The van der Waals surface area contributed by atoms with Crippen molar-refractivity contribution in [3.05, 3.63) is 24.8 Å². The van der Waals surface area contributed by atoms with Crippen LogP contribution in [-0.4, -0.2) is 0 Å². The van der Waals surface area contributed by atoms with Gasteiger partial charge in [-0.05, 0) is 32.1 Å². The molecule has 0 amide bonds. The van der Waals surface area contributed by atoms with E-state index in [0.29, 0.717) is 0 Å². The Bertz CT molecular complexity index is 155. The van der Waals surface area contributed by atoms with Gasteiger partial charge in [0.05, 0.1) is 0 Å². The maximum Gasteiger partial charge on any atom is -0.0351 e. The van der Waals surface area contributed by atoms with Crippen molar-refractivity contribution in [3.63, 3.8) is 0 Å². The minimum Gasteiger partial charge on any atom is -0.103 e. The minimum atomic E-state index is 1.18. The van der Waals surface area contributed by atoms with E-state index in [1.54, 1.807) is 0 Å². The predicted octanol–water partition coefficient (Wildman–Crippen LogP) is 6.82. The van der Waals surface area contributed by atoms with Crippen molar-refractivity contribution in [2.24, 2.45) is 0 Å². The lowest BCUT2D eigenvalue weighted by Crippen LogP contribution is -1.85. The molecular formula is C18H34. The number of hydrogen-bond donors (Lipinski definition) is 0. The predicted molar refractivity (Wildman–Crippen MR) is 85.0 cm³/mol. The molecule has 2 rings (SSSR count). The van der Waals surface area contributed by atoms with Crippen LogP contribution in [0.4, 0.5) is 0 Å². The topological polar surface area (TPSA) is 0 Å². The van der Waals surface area contributed by atoms with Crippen LogP contribution >= 0.6 is 0 Å². The summed E-state index contributed by atoms with van der Waals surface area (Å²) in [6.45, 7) is 5.78. The van der Waals surface area contributed by atoms with Gasteiger partial charge < -0.3 is 0 Å². The van der Waals surface area contributed by atoms with Crippen molar-refractivity contribution in [2.75, 3.05) is 0 Å². The fraction of sp³-hybridized carbons (Fsp3) is 0.778. The molecule has 0 nitrogen and oxygen atoms in total. The molecule has 1 saturated carbocycles. The summed E-state index contributed by atoms with van der Waals surface area (Å²) in [5, 5.41) is 0. The first-order valence-corrected chi connectivity index (χ1v) is 8.17. The maximum atomic E-state index is 3.60. The Morgan fingerprint density at radius 1 is 0.833 bits per heavy atom. The highest BCUT2D eigenvalue weighted by atomic mass is 14.0. The molecule has 0 heteroatoms. The van der Waals surface area contributed by atoms with Crippen LogP contribution in [0.5, 0.6) is 0 Å². The van der Waals surface area contributed by atoms with Crippen LogP contribution in [0.1, 0.15) is 90.4 Å². The van der Waals surface area contributed by atoms with Crippen LogP contribution in [0, 0.1) is 0 Å². The number of rotatable bonds is 3. The van der Waals surface area contributed by atoms with Crippen molar-refractivity contribution in [1.29, 1.82) is 0 Å². The lowest BCUT2D eigenvalue weighted by atomic mass is 10.0.